The van der Waals surface area contributed by atoms with Gasteiger partial charge < -0.3 is 52.6 Å². The third kappa shape index (κ3) is 13.9. The normalized spacial score (nSPS) is 10.0. The molecule has 0 aromatic heterocycles. The number of hydrogen-bond donors (Lipinski definition) is 4. The van der Waals surface area contributed by atoms with Crippen molar-refractivity contribution in [2.45, 2.75) is 0 Å². The Morgan fingerprint density at radius 1 is 0.533 bits per heavy atom. The topological polar surface area (TPSA) is 153 Å². The molecule has 0 saturated carbocycles. The van der Waals surface area contributed by atoms with Gasteiger partial charge in [0, 0.05) is 7.26 Å². The summed E-state index contributed by atoms with van der Waals surface area (Å²) in [5.41, 5.74) is 0. The van der Waals surface area contributed by atoms with E-state index in [2.05, 4.69) is 40.2 Å². The van der Waals surface area contributed by atoms with Crippen LogP contribution in [0.4, 0.5) is 19.2 Å². The van der Waals surface area contributed by atoms with Gasteiger partial charge in [-0.05, 0) is 0 Å². The molecule has 0 rings (SSSR count). The van der Waals surface area contributed by atoms with Crippen LogP contribution in [-0.4, -0.2) is 104 Å². The smallest absolute Gasteiger partial charge is 0.406 e. The minimum Gasteiger partial charge on any atom is -1.00 e. The highest BCUT2D eigenvalue weighted by Gasteiger charge is 2.36. The van der Waals surface area contributed by atoms with Crippen molar-refractivity contribution in [3.05, 3.63) is 0 Å². The number of alkyl carbamates (subject to hydrolysis) is 4. The van der Waals surface area contributed by atoms with E-state index in [1.54, 1.807) is 0 Å². The zero-order chi connectivity index (χ0) is 22.1. The highest BCUT2D eigenvalue weighted by atomic mass is 35.5. The molecule has 0 bridgehead atoms. The van der Waals surface area contributed by atoms with Crippen LogP contribution in [0.5, 0.6) is 0 Å². The van der Waals surface area contributed by atoms with Crippen molar-refractivity contribution in [3.63, 3.8) is 0 Å². The number of amides is 4. The molecular weight excluding hydrogens is 443 g/mol. The first-order chi connectivity index (χ1) is 13.8. The largest absolute Gasteiger partial charge is 1.00 e. The first-order valence-corrected chi connectivity index (χ1v) is 11.5. The second kappa shape index (κ2) is 17.6. The number of halogens is 1. The van der Waals surface area contributed by atoms with Crippen LogP contribution in [0.15, 0.2) is 0 Å². The van der Waals surface area contributed by atoms with Gasteiger partial charge in [0.05, 0.1) is 79.3 Å². The Kier molecular flexibility index (Phi) is 17.6. The average molecular weight is 475 g/mol. The Morgan fingerprint density at radius 3 is 0.900 bits per heavy atom. The van der Waals surface area contributed by atoms with Gasteiger partial charge in [-0.2, -0.15) is 0 Å². The number of carbonyl (C=O) groups is 4. The highest BCUT2D eigenvalue weighted by molar-refractivity contribution is 7.76. The number of hydrogen-bond acceptors (Lipinski definition) is 8. The molecule has 12 nitrogen and oxygen atoms in total. The van der Waals surface area contributed by atoms with E-state index < -0.39 is 31.6 Å². The molecule has 30 heavy (non-hydrogen) atoms. The minimum absolute atomic E-state index is 0. The van der Waals surface area contributed by atoms with Crippen molar-refractivity contribution in [1.29, 1.82) is 0 Å². The second-order valence-electron chi connectivity index (χ2n) is 5.91. The van der Waals surface area contributed by atoms with Gasteiger partial charge in [-0.25, -0.2) is 19.2 Å². The van der Waals surface area contributed by atoms with Crippen LogP contribution < -0.4 is 33.7 Å². The molecule has 4 N–H and O–H groups in total. The summed E-state index contributed by atoms with van der Waals surface area (Å²) in [4.78, 5) is 45.5. The first kappa shape index (κ1) is 30.0. The predicted octanol–water partition coefficient (Wildman–Crippen LogP) is -2.57. The van der Waals surface area contributed by atoms with Crippen LogP contribution in [-0.2, 0) is 18.9 Å². The third-order valence-corrected chi connectivity index (χ3v) is 8.85. The monoisotopic (exact) mass is 474 g/mol. The fourth-order valence-corrected chi connectivity index (χ4v) is 6.23. The molecule has 0 fully saturated rings. The molecule has 0 radical (unpaired) electrons. The van der Waals surface area contributed by atoms with Crippen molar-refractivity contribution in [2.24, 2.45) is 0 Å². The maximum Gasteiger partial charge on any atom is 0.406 e. The maximum atomic E-state index is 11.4. The summed E-state index contributed by atoms with van der Waals surface area (Å²) in [6, 6.07) is 0. The van der Waals surface area contributed by atoms with Crippen molar-refractivity contribution in [2.75, 3.05) is 79.3 Å². The molecule has 0 spiro atoms. The van der Waals surface area contributed by atoms with Crippen LogP contribution in [0, 0.1) is 0 Å². The Labute approximate surface area is 183 Å². The molecule has 0 aromatic carbocycles. The van der Waals surface area contributed by atoms with Crippen molar-refractivity contribution in [1.82, 2.24) is 21.3 Å². The molecule has 4 amide bonds. The molecule has 0 unspecified atom stereocenters. The van der Waals surface area contributed by atoms with Gasteiger partial charge in [0.1, 0.15) is 0 Å². The first-order valence-electron chi connectivity index (χ1n) is 8.95. The Bertz CT molecular complexity index is 448. The van der Waals surface area contributed by atoms with E-state index in [4.69, 9.17) is 0 Å². The Morgan fingerprint density at radius 2 is 0.733 bits per heavy atom. The van der Waals surface area contributed by atoms with Crippen LogP contribution in [0.3, 0.4) is 0 Å². The van der Waals surface area contributed by atoms with Crippen LogP contribution in [0.1, 0.15) is 0 Å². The van der Waals surface area contributed by atoms with Gasteiger partial charge in [-0.15, -0.1) is 0 Å². The zero-order valence-corrected chi connectivity index (χ0v) is 19.4. The lowest BCUT2D eigenvalue weighted by Crippen LogP contribution is -3.00. The number of methoxy groups -OCH3 is 4. The van der Waals surface area contributed by atoms with Crippen molar-refractivity contribution < 1.29 is 50.5 Å². The number of nitrogens with one attached hydrogen (secondary N) is 4. The highest BCUT2D eigenvalue weighted by Crippen LogP contribution is 2.57. The Hall–Kier alpha value is -2.20. The fourth-order valence-electron chi connectivity index (χ4n) is 2.54. The summed E-state index contributed by atoms with van der Waals surface area (Å²) in [5, 5.41) is 10.6. The lowest BCUT2D eigenvalue weighted by atomic mass is 10.7. The molecule has 0 saturated heterocycles. The lowest BCUT2D eigenvalue weighted by molar-refractivity contribution is -0.0000269. The van der Waals surface area contributed by atoms with E-state index in [0.717, 1.165) is 0 Å². The predicted molar refractivity (Wildman–Crippen MR) is 108 cm³/mol. The number of rotatable bonds is 12. The van der Waals surface area contributed by atoms with Crippen LogP contribution in [0.25, 0.3) is 0 Å². The fraction of sp³-hybridized carbons (Fsp3) is 0.750. The summed E-state index contributed by atoms with van der Waals surface area (Å²) in [6.45, 7) is 1.43. The van der Waals surface area contributed by atoms with Crippen LogP contribution in [0.2, 0.25) is 0 Å². The molecule has 0 aliphatic heterocycles. The molecular formula is C16H32ClN4O8P. The summed E-state index contributed by atoms with van der Waals surface area (Å²) >= 11 is 0. The maximum absolute atomic E-state index is 11.4. The van der Waals surface area contributed by atoms with Gasteiger partial charge in [0.15, 0.2) is 0 Å². The van der Waals surface area contributed by atoms with E-state index in [-0.39, 0.29) is 12.4 Å². The molecule has 14 heteroatoms. The van der Waals surface area contributed by atoms with E-state index >= 15 is 0 Å². The van der Waals surface area contributed by atoms with Crippen molar-refractivity contribution >= 4 is 31.6 Å². The minimum atomic E-state index is -1.84. The van der Waals surface area contributed by atoms with Gasteiger partial charge in [0.2, 0.25) is 0 Å². The van der Waals surface area contributed by atoms with Gasteiger partial charge in [0.25, 0.3) is 0 Å². The van der Waals surface area contributed by atoms with E-state index in [0.29, 0.717) is 50.8 Å². The molecule has 0 aliphatic carbocycles. The second-order valence-corrected chi connectivity index (χ2v) is 10.4. The van der Waals surface area contributed by atoms with E-state index in [1.807, 2.05) is 0 Å². The molecule has 0 heterocycles. The summed E-state index contributed by atoms with van der Waals surface area (Å²) in [7, 11) is 3.26. The standard InChI is InChI=1S/C16H31N4O8P.ClH/c1-25-13(21)17-5-9-29(10-6-18-14(22)26-2,11-7-19-15(23)27-3)12-8-20-16(24)28-4;/h5-12H2,1-4H3,(H3-,17,18,19,20,21,22,23,24);1H. The molecule has 0 aliphatic rings. The van der Waals surface area contributed by atoms with Crippen LogP contribution >= 0.6 is 7.26 Å². The molecule has 176 valence electrons. The quantitative estimate of drug-likeness (QED) is 0.178. The van der Waals surface area contributed by atoms with Gasteiger partial charge >= 0.3 is 24.4 Å². The summed E-state index contributed by atoms with van der Waals surface area (Å²) in [6.07, 6.45) is 0.306. The Balaban J connectivity index is 0. The summed E-state index contributed by atoms with van der Waals surface area (Å²) < 4.78 is 18.4. The molecule has 0 atom stereocenters. The SMILES string of the molecule is COC(=O)NCC[P+](CCNC(=O)OC)(CCNC(=O)OC)CCNC(=O)OC.[Cl-]. The summed E-state index contributed by atoms with van der Waals surface area (Å²) in [5.74, 6) is 0. The third-order valence-electron chi connectivity index (χ3n) is 4.16. The lowest BCUT2D eigenvalue weighted by Gasteiger charge is -2.28. The van der Waals surface area contributed by atoms with Gasteiger partial charge in [-0.3, -0.25) is 0 Å². The number of carbonyl (C=O) groups excluding carboxylic acids is 4. The number of ether oxygens (including phenoxy) is 4. The van der Waals surface area contributed by atoms with E-state index in [1.165, 1.54) is 28.4 Å². The zero-order valence-electron chi connectivity index (χ0n) is 17.7. The average Bonchev–Trinajstić information content (AvgIpc) is 2.72. The van der Waals surface area contributed by atoms with E-state index in [9.17, 15) is 19.2 Å². The molecule has 0 aromatic rings. The van der Waals surface area contributed by atoms with Gasteiger partial charge in [-0.1, -0.05) is 0 Å². The van der Waals surface area contributed by atoms with Crippen molar-refractivity contribution in [3.8, 4) is 0 Å².